The van der Waals surface area contributed by atoms with Crippen LogP contribution in [-0.4, -0.2) is 53.3 Å². The first-order valence-electron chi connectivity index (χ1n) is 2.16. The average molecular weight is 334 g/mol. The number of hydrogen-bond acceptors (Lipinski definition) is 4. The molecule has 0 saturated carbocycles. The standard InChI is InChI=1S/C4H3N3O2.Pb.2H/c8-4(9)3-6-1-5-2-7-3;;;/h1-2H,(H,8,9);;;. The van der Waals surface area contributed by atoms with Crippen LogP contribution in [0.1, 0.15) is 10.6 Å². The van der Waals surface area contributed by atoms with Gasteiger partial charge in [-0.3, -0.25) is 0 Å². The van der Waals surface area contributed by atoms with E-state index in [4.69, 9.17) is 5.11 Å². The maximum absolute atomic E-state index is 10.0. The van der Waals surface area contributed by atoms with E-state index < -0.39 is 5.97 Å². The van der Waals surface area contributed by atoms with Crippen molar-refractivity contribution >= 4 is 33.3 Å². The molecule has 1 heterocycles. The molecule has 1 N–H and O–H groups in total. The summed E-state index contributed by atoms with van der Waals surface area (Å²) >= 11 is 0. The van der Waals surface area contributed by atoms with E-state index in [0.717, 1.165) is 12.7 Å². The van der Waals surface area contributed by atoms with Crippen LogP contribution in [0, 0.1) is 0 Å². The Balaban J connectivity index is 0.000000810. The quantitative estimate of drug-likeness (QED) is 0.643. The number of hydrogen-bond donors (Lipinski definition) is 1. The molecule has 52 valence electrons. The Morgan fingerprint density at radius 1 is 1.40 bits per heavy atom. The molecule has 2 radical (unpaired) electrons. The molecule has 1 aromatic heterocycles. The van der Waals surface area contributed by atoms with Gasteiger partial charge >= 0.3 is 33.3 Å². The average Bonchev–Trinajstić information content (AvgIpc) is 1.90. The minimum atomic E-state index is -1.14. The fourth-order valence-corrected chi connectivity index (χ4v) is 0.350. The molecule has 0 amide bonds. The third-order valence-corrected chi connectivity index (χ3v) is 0.685. The van der Waals surface area contributed by atoms with Crippen LogP contribution in [0.25, 0.3) is 0 Å². The Hall–Kier alpha value is -0.598. The van der Waals surface area contributed by atoms with Gasteiger partial charge in [0.25, 0.3) is 0 Å². The molecule has 6 heteroatoms. The molecule has 0 fully saturated rings. The van der Waals surface area contributed by atoms with Gasteiger partial charge in [-0.15, -0.1) is 0 Å². The molecular weight excluding hydrogens is 329 g/mol. The summed E-state index contributed by atoms with van der Waals surface area (Å²) in [4.78, 5) is 20.2. The zero-order valence-corrected chi connectivity index (χ0v) is 10.6. The number of carbonyl (C=O) groups is 1. The summed E-state index contributed by atoms with van der Waals surface area (Å²) in [6.07, 6.45) is 2.27. The van der Waals surface area contributed by atoms with Crippen molar-refractivity contribution in [3.8, 4) is 0 Å². The first kappa shape index (κ1) is 9.40. The summed E-state index contributed by atoms with van der Waals surface area (Å²) in [7, 11) is 0. The number of carboxylic acid groups (broad SMARTS) is 1. The van der Waals surface area contributed by atoms with Crippen molar-refractivity contribution in [1.82, 2.24) is 15.0 Å². The molecule has 0 atom stereocenters. The fraction of sp³-hybridized carbons (Fsp3) is 0. The SMILES string of the molecule is O=C(O)c1ncncn1.[PbH2]. The van der Waals surface area contributed by atoms with Gasteiger partial charge in [-0.25, -0.2) is 19.7 Å². The number of carboxylic acids is 1. The summed E-state index contributed by atoms with van der Waals surface area (Å²) in [5, 5.41) is 8.23. The summed E-state index contributed by atoms with van der Waals surface area (Å²) in [5.41, 5.74) is 0. The van der Waals surface area contributed by atoms with E-state index in [-0.39, 0.29) is 33.1 Å². The van der Waals surface area contributed by atoms with Gasteiger partial charge in [-0.2, -0.15) is 0 Å². The van der Waals surface area contributed by atoms with Crippen LogP contribution in [0.15, 0.2) is 12.7 Å². The molecule has 0 saturated heterocycles. The van der Waals surface area contributed by atoms with Crippen LogP contribution in [0.3, 0.4) is 0 Å². The maximum atomic E-state index is 10.0. The van der Waals surface area contributed by atoms with Gasteiger partial charge in [-0.1, -0.05) is 0 Å². The second kappa shape index (κ2) is 4.25. The Bertz CT molecular complexity index is 215. The second-order valence-corrected chi connectivity index (χ2v) is 1.27. The van der Waals surface area contributed by atoms with Crippen molar-refractivity contribution in [3.05, 3.63) is 18.5 Å². The van der Waals surface area contributed by atoms with Crippen molar-refractivity contribution in [3.63, 3.8) is 0 Å². The van der Waals surface area contributed by atoms with Crippen LogP contribution < -0.4 is 0 Å². The summed E-state index contributed by atoms with van der Waals surface area (Å²) in [6, 6.07) is 0. The Morgan fingerprint density at radius 2 is 1.90 bits per heavy atom. The first-order chi connectivity index (χ1) is 4.30. The fourth-order valence-electron chi connectivity index (χ4n) is 0.350. The van der Waals surface area contributed by atoms with Gasteiger partial charge in [-0.05, 0) is 0 Å². The van der Waals surface area contributed by atoms with Gasteiger partial charge in [0.1, 0.15) is 12.7 Å². The third kappa shape index (κ3) is 2.33. The topological polar surface area (TPSA) is 76.0 Å². The van der Waals surface area contributed by atoms with Crippen molar-refractivity contribution in [2.75, 3.05) is 0 Å². The number of aromatic nitrogens is 3. The van der Waals surface area contributed by atoms with Crippen molar-refractivity contribution in [1.29, 1.82) is 0 Å². The number of aromatic carboxylic acids is 1. The van der Waals surface area contributed by atoms with Gasteiger partial charge in [0.2, 0.25) is 5.82 Å². The predicted molar refractivity (Wildman–Crippen MR) is 35.3 cm³/mol. The first-order valence-corrected chi connectivity index (χ1v) is 2.16. The third-order valence-electron chi connectivity index (χ3n) is 0.685. The van der Waals surface area contributed by atoms with Crippen LogP contribution in [0.2, 0.25) is 0 Å². The van der Waals surface area contributed by atoms with E-state index in [1.807, 2.05) is 0 Å². The van der Waals surface area contributed by atoms with E-state index in [2.05, 4.69) is 15.0 Å². The number of nitrogens with zero attached hydrogens (tertiary/aromatic N) is 3. The molecular formula is C4H5N3O2Pb. The summed E-state index contributed by atoms with van der Waals surface area (Å²) < 4.78 is 0. The van der Waals surface area contributed by atoms with Gasteiger partial charge in [0, 0.05) is 0 Å². The van der Waals surface area contributed by atoms with Crippen molar-refractivity contribution in [2.45, 2.75) is 0 Å². The number of rotatable bonds is 1. The van der Waals surface area contributed by atoms with E-state index in [1.165, 1.54) is 0 Å². The van der Waals surface area contributed by atoms with Crippen molar-refractivity contribution < 1.29 is 9.90 Å². The Morgan fingerprint density at radius 3 is 2.20 bits per heavy atom. The second-order valence-electron chi connectivity index (χ2n) is 1.27. The zero-order chi connectivity index (χ0) is 6.69. The van der Waals surface area contributed by atoms with Crippen LogP contribution in [0.4, 0.5) is 0 Å². The van der Waals surface area contributed by atoms with E-state index in [1.54, 1.807) is 0 Å². The molecule has 0 aliphatic carbocycles. The van der Waals surface area contributed by atoms with Crippen LogP contribution in [-0.2, 0) is 0 Å². The normalized spacial score (nSPS) is 8.00. The summed E-state index contributed by atoms with van der Waals surface area (Å²) in [6.45, 7) is 0. The van der Waals surface area contributed by atoms with Crippen molar-refractivity contribution in [2.24, 2.45) is 0 Å². The molecule has 0 bridgehead atoms. The van der Waals surface area contributed by atoms with E-state index in [9.17, 15) is 4.79 Å². The Kier molecular flexibility index (Phi) is 4.00. The van der Waals surface area contributed by atoms with E-state index >= 15 is 0 Å². The molecule has 10 heavy (non-hydrogen) atoms. The van der Waals surface area contributed by atoms with Crippen LogP contribution >= 0.6 is 0 Å². The molecule has 1 aromatic rings. The summed E-state index contributed by atoms with van der Waals surface area (Å²) in [5.74, 6) is -1.37. The zero-order valence-electron chi connectivity index (χ0n) is 5.06. The Labute approximate surface area is 76.7 Å². The molecule has 0 aromatic carbocycles. The van der Waals surface area contributed by atoms with Gasteiger partial charge in [0.15, 0.2) is 0 Å². The molecule has 0 unspecified atom stereocenters. The molecule has 0 aliphatic rings. The monoisotopic (exact) mass is 335 g/mol. The predicted octanol–water partition coefficient (Wildman–Crippen LogP) is -1.35. The van der Waals surface area contributed by atoms with Gasteiger partial charge in [0.05, 0.1) is 0 Å². The van der Waals surface area contributed by atoms with Crippen LogP contribution in [0.5, 0.6) is 0 Å². The molecule has 0 aliphatic heterocycles. The van der Waals surface area contributed by atoms with Gasteiger partial charge < -0.3 is 5.11 Å². The minimum absolute atomic E-state index is 0. The van der Waals surface area contributed by atoms with E-state index in [0.29, 0.717) is 0 Å². The molecule has 0 spiro atoms. The molecule has 1 rings (SSSR count). The molecule has 5 nitrogen and oxygen atoms in total.